The fourth-order valence-corrected chi connectivity index (χ4v) is 4.60. The van der Waals surface area contributed by atoms with E-state index in [4.69, 9.17) is 13.9 Å². The standard InChI is InChI=1S/C26H27NO5/c1-26(2)11-10-18-20(32-26)15-21(30-16-22(28)27-12-6-7-13-27)24-19(14-23(29)31-25(18)24)17-8-4-3-5-9-17/h3-5,8-9,14-15H,6-7,10-13,16H2,1-2H3. The van der Waals surface area contributed by atoms with E-state index in [2.05, 4.69) is 0 Å². The molecule has 0 N–H and O–H groups in total. The molecule has 3 heterocycles. The minimum Gasteiger partial charge on any atom is -0.487 e. The average molecular weight is 434 g/mol. The van der Waals surface area contributed by atoms with Crippen molar-refractivity contribution in [3.63, 3.8) is 0 Å². The number of rotatable bonds is 4. The third-order valence-electron chi connectivity index (χ3n) is 6.30. The van der Waals surface area contributed by atoms with E-state index < -0.39 is 5.63 Å². The van der Waals surface area contributed by atoms with Gasteiger partial charge in [0.05, 0.1) is 5.39 Å². The molecule has 0 aliphatic carbocycles. The van der Waals surface area contributed by atoms with Crippen molar-refractivity contribution in [1.29, 1.82) is 0 Å². The van der Waals surface area contributed by atoms with Gasteiger partial charge in [0.2, 0.25) is 0 Å². The second-order valence-corrected chi connectivity index (χ2v) is 9.14. The normalized spacial score (nSPS) is 17.1. The van der Waals surface area contributed by atoms with Gasteiger partial charge in [-0.15, -0.1) is 0 Å². The number of carbonyl (C=O) groups excluding carboxylic acids is 1. The van der Waals surface area contributed by atoms with Crippen LogP contribution in [0.2, 0.25) is 0 Å². The van der Waals surface area contributed by atoms with Gasteiger partial charge in [0.15, 0.2) is 6.61 Å². The summed E-state index contributed by atoms with van der Waals surface area (Å²) in [6.45, 7) is 5.55. The SMILES string of the molecule is CC1(C)CCc2c(cc(OCC(=O)N3CCCC3)c3c(-c4ccccc4)cc(=O)oc23)O1. The van der Waals surface area contributed by atoms with E-state index in [-0.39, 0.29) is 18.1 Å². The zero-order valence-electron chi connectivity index (χ0n) is 18.5. The van der Waals surface area contributed by atoms with E-state index >= 15 is 0 Å². The van der Waals surface area contributed by atoms with Crippen LogP contribution in [-0.2, 0) is 11.2 Å². The second kappa shape index (κ2) is 8.01. The Balaban J connectivity index is 1.66. The summed E-state index contributed by atoms with van der Waals surface area (Å²) >= 11 is 0. The van der Waals surface area contributed by atoms with Gasteiger partial charge in [-0.05, 0) is 45.1 Å². The molecule has 166 valence electrons. The van der Waals surface area contributed by atoms with Crippen LogP contribution in [0.15, 0.2) is 51.7 Å². The Hall–Kier alpha value is -3.28. The Morgan fingerprint density at radius 2 is 1.88 bits per heavy atom. The van der Waals surface area contributed by atoms with Gasteiger partial charge in [-0.1, -0.05) is 30.3 Å². The summed E-state index contributed by atoms with van der Waals surface area (Å²) in [5.74, 6) is 1.10. The van der Waals surface area contributed by atoms with E-state index in [1.807, 2.05) is 55.1 Å². The van der Waals surface area contributed by atoms with E-state index in [0.717, 1.165) is 55.5 Å². The van der Waals surface area contributed by atoms with Crippen LogP contribution in [0.1, 0.15) is 38.7 Å². The smallest absolute Gasteiger partial charge is 0.336 e. The molecule has 5 rings (SSSR count). The van der Waals surface area contributed by atoms with Gasteiger partial charge in [-0.2, -0.15) is 0 Å². The summed E-state index contributed by atoms with van der Waals surface area (Å²) in [6.07, 6.45) is 3.59. The molecule has 32 heavy (non-hydrogen) atoms. The lowest BCUT2D eigenvalue weighted by Gasteiger charge is -2.33. The molecule has 1 saturated heterocycles. The summed E-state index contributed by atoms with van der Waals surface area (Å²) in [4.78, 5) is 27.0. The highest BCUT2D eigenvalue weighted by Crippen LogP contribution is 2.44. The van der Waals surface area contributed by atoms with Crippen LogP contribution in [0, 0.1) is 0 Å². The van der Waals surface area contributed by atoms with Crippen LogP contribution < -0.4 is 15.1 Å². The Morgan fingerprint density at radius 1 is 1.12 bits per heavy atom. The van der Waals surface area contributed by atoms with Gasteiger partial charge in [-0.25, -0.2) is 4.79 Å². The van der Waals surface area contributed by atoms with Crippen molar-refractivity contribution in [1.82, 2.24) is 4.90 Å². The van der Waals surface area contributed by atoms with Crippen LogP contribution in [0.4, 0.5) is 0 Å². The summed E-state index contributed by atoms with van der Waals surface area (Å²) in [5.41, 5.74) is 2.21. The van der Waals surface area contributed by atoms with Crippen molar-refractivity contribution in [2.45, 2.75) is 45.1 Å². The Morgan fingerprint density at radius 3 is 2.62 bits per heavy atom. The van der Waals surface area contributed by atoms with Crippen molar-refractivity contribution in [3.8, 4) is 22.6 Å². The van der Waals surface area contributed by atoms with E-state index in [9.17, 15) is 9.59 Å². The number of hydrogen-bond acceptors (Lipinski definition) is 5. The van der Waals surface area contributed by atoms with Crippen molar-refractivity contribution in [2.75, 3.05) is 19.7 Å². The predicted molar refractivity (Wildman–Crippen MR) is 122 cm³/mol. The molecular weight excluding hydrogens is 406 g/mol. The van der Waals surface area contributed by atoms with Crippen molar-refractivity contribution in [2.24, 2.45) is 0 Å². The first-order valence-electron chi connectivity index (χ1n) is 11.2. The highest BCUT2D eigenvalue weighted by atomic mass is 16.5. The fourth-order valence-electron chi connectivity index (χ4n) is 4.60. The van der Waals surface area contributed by atoms with Crippen molar-refractivity contribution >= 4 is 16.9 Å². The third kappa shape index (κ3) is 3.85. The average Bonchev–Trinajstić information content (AvgIpc) is 3.31. The number of aryl methyl sites for hydroxylation is 1. The first-order valence-corrected chi connectivity index (χ1v) is 11.2. The molecule has 6 heteroatoms. The lowest BCUT2D eigenvalue weighted by Crippen LogP contribution is -2.33. The summed E-state index contributed by atoms with van der Waals surface area (Å²) in [5, 5.41) is 0.701. The van der Waals surface area contributed by atoms with Crippen molar-refractivity contribution in [3.05, 3.63) is 58.4 Å². The maximum atomic E-state index is 12.7. The highest BCUT2D eigenvalue weighted by molar-refractivity contribution is 6.00. The molecule has 0 saturated carbocycles. The molecule has 0 spiro atoms. The molecule has 0 atom stereocenters. The molecule has 3 aromatic rings. The molecule has 0 radical (unpaired) electrons. The number of nitrogens with zero attached hydrogens (tertiary/aromatic N) is 1. The monoisotopic (exact) mass is 433 g/mol. The van der Waals surface area contributed by atoms with Crippen LogP contribution in [-0.4, -0.2) is 36.1 Å². The molecule has 2 aromatic carbocycles. The Labute approximate surface area is 186 Å². The molecule has 2 aliphatic rings. The van der Waals surface area contributed by atoms with Crippen molar-refractivity contribution < 1.29 is 18.7 Å². The molecule has 6 nitrogen and oxygen atoms in total. The van der Waals surface area contributed by atoms with Crippen LogP contribution in [0.25, 0.3) is 22.1 Å². The van der Waals surface area contributed by atoms with Crippen LogP contribution in [0.5, 0.6) is 11.5 Å². The van der Waals surface area contributed by atoms with Gasteiger partial charge in [-0.3, -0.25) is 4.79 Å². The van der Waals surface area contributed by atoms with Gasteiger partial charge >= 0.3 is 5.63 Å². The number of likely N-dealkylation sites (tertiary alicyclic amines) is 1. The number of benzene rings is 2. The topological polar surface area (TPSA) is 69.0 Å². The molecule has 1 amide bonds. The van der Waals surface area contributed by atoms with E-state index in [0.29, 0.717) is 22.5 Å². The molecule has 1 aromatic heterocycles. The van der Waals surface area contributed by atoms with E-state index in [1.54, 1.807) is 0 Å². The largest absolute Gasteiger partial charge is 0.487 e. The van der Waals surface area contributed by atoms with Gasteiger partial charge in [0, 0.05) is 36.3 Å². The Kier molecular flexibility index (Phi) is 5.16. The lowest BCUT2D eigenvalue weighted by molar-refractivity contribution is -0.132. The van der Waals surface area contributed by atoms with Gasteiger partial charge < -0.3 is 18.8 Å². The first kappa shape index (κ1) is 20.6. The maximum Gasteiger partial charge on any atom is 0.336 e. The van der Waals surface area contributed by atoms with Gasteiger partial charge in [0.1, 0.15) is 22.7 Å². The second-order valence-electron chi connectivity index (χ2n) is 9.14. The number of fused-ring (bicyclic) bond motifs is 3. The lowest BCUT2D eigenvalue weighted by atomic mass is 9.91. The predicted octanol–water partition coefficient (Wildman–Crippen LogP) is 4.56. The molecule has 1 fully saturated rings. The van der Waals surface area contributed by atoms with Crippen LogP contribution in [0.3, 0.4) is 0 Å². The van der Waals surface area contributed by atoms with E-state index in [1.165, 1.54) is 6.07 Å². The third-order valence-corrected chi connectivity index (χ3v) is 6.30. The number of carbonyl (C=O) groups is 1. The summed E-state index contributed by atoms with van der Waals surface area (Å²) < 4.78 is 18.0. The molecular formula is C26H27NO5. The quantitative estimate of drug-likeness (QED) is 0.564. The number of hydrogen-bond donors (Lipinski definition) is 0. The first-order chi connectivity index (χ1) is 15.4. The maximum absolute atomic E-state index is 12.7. The molecule has 0 bridgehead atoms. The Bertz CT molecular complexity index is 1220. The summed E-state index contributed by atoms with van der Waals surface area (Å²) in [7, 11) is 0. The minimum atomic E-state index is -0.423. The fraction of sp³-hybridized carbons (Fsp3) is 0.385. The highest BCUT2D eigenvalue weighted by Gasteiger charge is 2.31. The van der Waals surface area contributed by atoms with Crippen LogP contribution >= 0.6 is 0 Å². The summed E-state index contributed by atoms with van der Waals surface area (Å²) in [6, 6.07) is 13.0. The zero-order chi connectivity index (χ0) is 22.3. The number of amides is 1. The minimum absolute atomic E-state index is 0.0340. The van der Waals surface area contributed by atoms with Gasteiger partial charge in [0.25, 0.3) is 5.91 Å². The molecule has 2 aliphatic heterocycles. The molecule has 0 unspecified atom stereocenters. The number of ether oxygens (including phenoxy) is 2. The zero-order valence-corrected chi connectivity index (χ0v) is 18.5.